The van der Waals surface area contributed by atoms with Crippen molar-refractivity contribution in [3.63, 3.8) is 0 Å². The van der Waals surface area contributed by atoms with Crippen molar-refractivity contribution in [3.8, 4) is 78.0 Å². The summed E-state index contributed by atoms with van der Waals surface area (Å²) in [5.74, 6) is 0. The minimum Gasteiger partial charge on any atom is -0.265 e. The van der Waals surface area contributed by atoms with Gasteiger partial charge in [0.05, 0.1) is 11.2 Å². The molecule has 2 nitrogen and oxygen atoms in total. The van der Waals surface area contributed by atoms with Gasteiger partial charge in [0.25, 0.3) is 0 Å². The summed E-state index contributed by atoms with van der Waals surface area (Å²) in [4.78, 5) is 9.34. The molecule has 0 radical (unpaired) electrons. The molecule has 0 atom stereocenters. The number of fused-ring (bicyclic) bond motifs is 1. The van der Waals surface area contributed by atoms with Crippen LogP contribution < -0.4 is 0 Å². The van der Waals surface area contributed by atoms with Gasteiger partial charge in [-0.1, -0.05) is 140 Å². The summed E-state index contributed by atoms with van der Waals surface area (Å²) in [6.45, 7) is 0. The molecule has 9 rings (SSSR count). The van der Waals surface area contributed by atoms with E-state index in [1.54, 1.807) is 0 Å². The van der Waals surface area contributed by atoms with Gasteiger partial charge in [-0.15, -0.1) is 0 Å². The summed E-state index contributed by atoms with van der Waals surface area (Å²) in [6.07, 6.45) is 3.67. The molecule has 2 aromatic heterocycles. The third kappa shape index (κ3) is 6.30. The van der Waals surface area contributed by atoms with Gasteiger partial charge in [-0.2, -0.15) is 0 Å². The standard InChI is InChI=1S/C50H34N2/c1-3-11-35(12-4-1)44-31-45(36-13-5-2-6-14-36)33-46(32-44)42-17-9-15-40(29-42)41-16-10-18-43(30-41)50-34-48(47-19-7-8-20-49(47)52-50)39-23-21-37(22-24-39)38-25-27-51-28-26-38/h1-34H. The summed E-state index contributed by atoms with van der Waals surface area (Å²) >= 11 is 0. The molecule has 0 spiro atoms. The molecule has 0 amide bonds. The third-order valence-electron chi connectivity index (χ3n) is 9.76. The number of nitrogens with zero attached hydrogens (tertiary/aromatic N) is 2. The monoisotopic (exact) mass is 662 g/mol. The highest BCUT2D eigenvalue weighted by molar-refractivity contribution is 5.97. The summed E-state index contributed by atoms with van der Waals surface area (Å²) in [6, 6.07) is 69.3. The second kappa shape index (κ2) is 13.8. The van der Waals surface area contributed by atoms with E-state index >= 15 is 0 Å². The van der Waals surface area contributed by atoms with Crippen molar-refractivity contribution < 1.29 is 0 Å². The zero-order valence-electron chi connectivity index (χ0n) is 28.5. The Kier molecular flexibility index (Phi) is 8.24. The fraction of sp³-hybridized carbons (Fsp3) is 0. The van der Waals surface area contributed by atoms with E-state index in [1.807, 2.05) is 24.5 Å². The number of pyridine rings is 2. The number of hydrogen-bond donors (Lipinski definition) is 0. The number of rotatable bonds is 7. The maximum absolute atomic E-state index is 5.17. The van der Waals surface area contributed by atoms with Crippen molar-refractivity contribution in [3.05, 3.63) is 207 Å². The van der Waals surface area contributed by atoms with Crippen LogP contribution in [0.25, 0.3) is 88.9 Å². The number of para-hydroxylation sites is 1. The van der Waals surface area contributed by atoms with Gasteiger partial charge >= 0.3 is 0 Å². The lowest BCUT2D eigenvalue weighted by Crippen LogP contribution is -1.91. The predicted molar refractivity (Wildman–Crippen MR) is 218 cm³/mol. The van der Waals surface area contributed by atoms with E-state index in [0.29, 0.717) is 0 Å². The Labute approximate surface area is 304 Å². The Balaban J connectivity index is 1.10. The minimum atomic E-state index is 0.952. The van der Waals surface area contributed by atoms with E-state index in [-0.39, 0.29) is 0 Å². The molecule has 0 N–H and O–H groups in total. The van der Waals surface area contributed by atoms with Crippen LogP contribution in [0.3, 0.4) is 0 Å². The molecule has 0 fully saturated rings. The van der Waals surface area contributed by atoms with Gasteiger partial charge in [-0.3, -0.25) is 4.98 Å². The number of hydrogen-bond acceptors (Lipinski definition) is 2. The van der Waals surface area contributed by atoms with Gasteiger partial charge in [0, 0.05) is 23.3 Å². The minimum absolute atomic E-state index is 0.952. The first-order valence-corrected chi connectivity index (χ1v) is 17.6. The molecule has 0 saturated heterocycles. The van der Waals surface area contributed by atoms with Crippen molar-refractivity contribution in [2.75, 3.05) is 0 Å². The lowest BCUT2D eigenvalue weighted by molar-refractivity contribution is 1.33. The van der Waals surface area contributed by atoms with Crippen LogP contribution in [0, 0.1) is 0 Å². The second-order valence-electron chi connectivity index (χ2n) is 13.1. The molecule has 2 heteroatoms. The average molecular weight is 663 g/mol. The van der Waals surface area contributed by atoms with E-state index < -0.39 is 0 Å². The van der Waals surface area contributed by atoms with Gasteiger partial charge < -0.3 is 0 Å². The topological polar surface area (TPSA) is 25.8 Å². The van der Waals surface area contributed by atoms with E-state index in [4.69, 9.17) is 4.98 Å². The SMILES string of the molecule is c1ccc(-c2cc(-c3ccccc3)cc(-c3cccc(-c4cccc(-c5cc(-c6ccc(-c7ccncc7)cc6)c6ccccc6n5)c4)c3)c2)cc1. The Bertz CT molecular complexity index is 2590. The molecule has 2 heterocycles. The average Bonchev–Trinajstić information content (AvgIpc) is 3.24. The molecule has 52 heavy (non-hydrogen) atoms. The van der Waals surface area contributed by atoms with Crippen molar-refractivity contribution in [1.29, 1.82) is 0 Å². The zero-order chi connectivity index (χ0) is 34.7. The molecule has 244 valence electrons. The van der Waals surface area contributed by atoms with E-state index in [9.17, 15) is 0 Å². The quantitative estimate of drug-likeness (QED) is 0.170. The molecule has 0 aliphatic rings. The highest BCUT2D eigenvalue weighted by Crippen LogP contribution is 2.37. The maximum atomic E-state index is 5.17. The lowest BCUT2D eigenvalue weighted by Gasteiger charge is -2.13. The van der Waals surface area contributed by atoms with Gasteiger partial charge in [-0.25, -0.2) is 4.98 Å². The molecule has 0 bridgehead atoms. The van der Waals surface area contributed by atoms with Crippen molar-refractivity contribution >= 4 is 10.9 Å². The summed E-state index contributed by atoms with van der Waals surface area (Å²) in [5, 5.41) is 1.14. The van der Waals surface area contributed by atoms with Crippen LogP contribution in [-0.4, -0.2) is 9.97 Å². The molecule has 0 aliphatic heterocycles. The number of benzene rings is 7. The normalized spacial score (nSPS) is 11.1. The van der Waals surface area contributed by atoms with Gasteiger partial charge in [0.1, 0.15) is 0 Å². The van der Waals surface area contributed by atoms with E-state index in [0.717, 1.165) is 38.9 Å². The van der Waals surface area contributed by atoms with Crippen LogP contribution in [-0.2, 0) is 0 Å². The van der Waals surface area contributed by atoms with E-state index in [2.05, 4.69) is 187 Å². The molecular weight excluding hydrogens is 629 g/mol. The Morgan fingerprint density at radius 1 is 0.269 bits per heavy atom. The molecule has 9 aromatic rings. The summed E-state index contributed by atoms with van der Waals surface area (Å²) < 4.78 is 0. The van der Waals surface area contributed by atoms with Crippen molar-refractivity contribution in [1.82, 2.24) is 9.97 Å². The smallest absolute Gasteiger partial charge is 0.0716 e. The van der Waals surface area contributed by atoms with Crippen molar-refractivity contribution in [2.24, 2.45) is 0 Å². The van der Waals surface area contributed by atoms with Gasteiger partial charge in [0.15, 0.2) is 0 Å². The lowest BCUT2D eigenvalue weighted by atomic mass is 9.92. The molecular formula is C50H34N2. The first-order valence-electron chi connectivity index (χ1n) is 17.6. The Hall–Kier alpha value is -6.90. The zero-order valence-corrected chi connectivity index (χ0v) is 28.5. The highest BCUT2D eigenvalue weighted by atomic mass is 14.7. The fourth-order valence-electron chi connectivity index (χ4n) is 7.07. The Morgan fingerprint density at radius 2 is 0.692 bits per heavy atom. The van der Waals surface area contributed by atoms with Crippen LogP contribution >= 0.6 is 0 Å². The summed E-state index contributed by atoms with van der Waals surface area (Å²) in [5.41, 5.74) is 17.2. The molecule has 0 saturated carbocycles. The molecule has 0 unspecified atom stereocenters. The second-order valence-corrected chi connectivity index (χ2v) is 13.1. The molecule has 0 aliphatic carbocycles. The van der Waals surface area contributed by atoms with E-state index in [1.165, 1.54) is 50.1 Å². The van der Waals surface area contributed by atoms with Crippen molar-refractivity contribution in [2.45, 2.75) is 0 Å². The predicted octanol–water partition coefficient (Wildman–Crippen LogP) is 13.3. The van der Waals surface area contributed by atoms with Crippen LogP contribution in [0.15, 0.2) is 207 Å². The van der Waals surface area contributed by atoms with Crippen LogP contribution in [0.4, 0.5) is 0 Å². The van der Waals surface area contributed by atoms with Gasteiger partial charge in [-0.05, 0) is 121 Å². The fourth-order valence-corrected chi connectivity index (χ4v) is 7.07. The summed E-state index contributed by atoms with van der Waals surface area (Å²) in [7, 11) is 0. The van der Waals surface area contributed by atoms with Crippen LogP contribution in [0.1, 0.15) is 0 Å². The van der Waals surface area contributed by atoms with Gasteiger partial charge in [0.2, 0.25) is 0 Å². The maximum Gasteiger partial charge on any atom is 0.0716 e. The first kappa shape index (κ1) is 31.1. The van der Waals surface area contributed by atoms with Crippen LogP contribution in [0.5, 0.6) is 0 Å². The number of aromatic nitrogens is 2. The first-order chi connectivity index (χ1) is 25.7. The Morgan fingerprint density at radius 3 is 1.33 bits per heavy atom. The highest BCUT2D eigenvalue weighted by Gasteiger charge is 2.13. The van der Waals surface area contributed by atoms with Crippen LogP contribution in [0.2, 0.25) is 0 Å². The molecule has 7 aromatic carbocycles. The third-order valence-corrected chi connectivity index (χ3v) is 9.76. The largest absolute Gasteiger partial charge is 0.265 e.